The Morgan fingerprint density at radius 1 is 1.26 bits per heavy atom. The van der Waals surface area contributed by atoms with Gasteiger partial charge < -0.3 is 25.0 Å². The lowest BCUT2D eigenvalue weighted by atomic mass is 9.62. The van der Waals surface area contributed by atoms with Crippen molar-refractivity contribution in [3.8, 4) is 0 Å². The minimum Gasteiger partial charge on any atom is -0.478 e. The predicted octanol–water partition coefficient (Wildman–Crippen LogP) is 3.17. The topological polar surface area (TPSA) is 118 Å². The van der Waals surface area contributed by atoms with Crippen molar-refractivity contribution in [1.29, 1.82) is 0 Å². The van der Waals surface area contributed by atoms with E-state index in [1.54, 1.807) is 37.6 Å². The molecule has 1 aliphatic carbocycles. The van der Waals surface area contributed by atoms with Gasteiger partial charge in [-0.2, -0.15) is 13.2 Å². The zero-order valence-electron chi connectivity index (χ0n) is 16.5. The number of hydrogen-bond acceptors (Lipinski definition) is 6. The molecule has 1 aromatic heterocycles. The molecule has 0 radical (unpaired) electrons. The molecule has 2 bridgehead atoms. The number of aromatic carboxylic acids is 1. The Hall–Kier alpha value is -2.92. The number of rotatable bonds is 6. The molecule has 8 nitrogen and oxygen atoms in total. The summed E-state index contributed by atoms with van der Waals surface area (Å²) in [4.78, 5) is 24.6. The lowest BCUT2D eigenvalue weighted by Crippen LogP contribution is -2.50. The van der Waals surface area contributed by atoms with E-state index in [2.05, 4.69) is 10.3 Å². The number of nitrogens with one attached hydrogen (secondary N) is 1. The number of aliphatic carboxylic acids is 1. The fourth-order valence-electron chi connectivity index (χ4n) is 4.19. The normalized spacial score (nSPS) is 24.1. The van der Waals surface area contributed by atoms with Crippen LogP contribution < -0.4 is 5.32 Å². The molecule has 1 saturated carbocycles. The number of alkyl halides is 3. The summed E-state index contributed by atoms with van der Waals surface area (Å²) in [5.74, 6) is -3.70. The Balaban J connectivity index is 0.000000339. The summed E-state index contributed by atoms with van der Waals surface area (Å²) in [5.41, 5.74) is 1.87. The van der Waals surface area contributed by atoms with Gasteiger partial charge in [0.05, 0.1) is 35.6 Å². The van der Waals surface area contributed by atoms with Crippen molar-refractivity contribution in [2.45, 2.75) is 24.6 Å². The van der Waals surface area contributed by atoms with Gasteiger partial charge in [-0.3, -0.25) is 4.98 Å². The fourth-order valence-corrected chi connectivity index (χ4v) is 4.19. The summed E-state index contributed by atoms with van der Waals surface area (Å²) < 4.78 is 42.9. The summed E-state index contributed by atoms with van der Waals surface area (Å²) in [6.45, 7) is 2.17. The van der Waals surface area contributed by atoms with Gasteiger partial charge in [0.2, 0.25) is 0 Å². The van der Waals surface area contributed by atoms with E-state index in [0.717, 1.165) is 31.7 Å². The molecule has 3 fully saturated rings. The molecule has 0 spiro atoms. The molecule has 0 unspecified atom stereocenters. The number of benzene rings is 1. The molecule has 1 aromatic carbocycles. The minimum atomic E-state index is -5.08. The first kappa shape index (κ1) is 22.8. The minimum absolute atomic E-state index is 0.0933. The first-order chi connectivity index (χ1) is 14.5. The highest BCUT2D eigenvalue weighted by Gasteiger charge is 2.62. The van der Waals surface area contributed by atoms with Gasteiger partial charge >= 0.3 is 18.1 Å². The molecular weight excluding hydrogens is 421 g/mol. The number of carboxylic acids is 2. The first-order valence-corrected chi connectivity index (χ1v) is 9.29. The molecule has 3 heterocycles. The van der Waals surface area contributed by atoms with Crippen LogP contribution in [0, 0.1) is 5.41 Å². The Morgan fingerprint density at radius 2 is 1.94 bits per heavy atom. The standard InChI is InChI=1S/C18H20N2O4.C2HF3O2/c1-23-11-18-7-17(8-18,10-24-18)9-20-14-5-4-13(16(21)22)12-3-2-6-19-15(12)14;3-2(4,5)1(6)7/h2-6,20H,7-11H2,1H3,(H,21,22);(H,6,7). The number of halogens is 3. The molecular formula is C20H21F3N2O6. The number of hydrogen-bond donors (Lipinski definition) is 3. The van der Waals surface area contributed by atoms with Crippen LogP contribution >= 0.6 is 0 Å². The van der Waals surface area contributed by atoms with Gasteiger partial charge in [-0.05, 0) is 31.0 Å². The number of aromatic nitrogens is 1. The third-order valence-corrected chi connectivity index (χ3v) is 5.38. The molecule has 168 valence electrons. The molecule has 11 heteroatoms. The molecule has 0 amide bonds. The van der Waals surface area contributed by atoms with Crippen molar-refractivity contribution < 1.29 is 42.4 Å². The van der Waals surface area contributed by atoms with Crippen LogP contribution in [0.25, 0.3) is 10.9 Å². The lowest BCUT2D eigenvalue weighted by Gasteiger charge is -2.44. The smallest absolute Gasteiger partial charge is 0.478 e. The van der Waals surface area contributed by atoms with E-state index in [1.807, 2.05) is 0 Å². The predicted molar refractivity (Wildman–Crippen MR) is 103 cm³/mol. The van der Waals surface area contributed by atoms with Crippen molar-refractivity contribution in [2.24, 2.45) is 5.41 Å². The molecule has 2 saturated heterocycles. The maximum Gasteiger partial charge on any atom is 0.490 e. The van der Waals surface area contributed by atoms with E-state index >= 15 is 0 Å². The average molecular weight is 442 g/mol. The Kier molecular flexibility index (Phi) is 6.10. The van der Waals surface area contributed by atoms with Crippen LogP contribution in [0.3, 0.4) is 0 Å². The summed E-state index contributed by atoms with van der Waals surface area (Å²) in [7, 11) is 1.70. The van der Waals surface area contributed by atoms with E-state index < -0.39 is 18.1 Å². The number of ether oxygens (including phenoxy) is 2. The molecule has 5 rings (SSSR count). The van der Waals surface area contributed by atoms with Crippen molar-refractivity contribution in [3.63, 3.8) is 0 Å². The molecule has 2 aliphatic heterocycles. The summed E-state index contributed by atoms with van der Waals surface area (Å²) >= 11 is 0. The third kappa shape index (κ3) is 4.72. The van der Waals surface area contributed by atoms with Crippen molar-refractivity contribution in [1.82, 2.24) is 4.98 Å². The van der Waals surface area contributed by atoms with Crippen LogP contribution in [-0.4, -0.2) is 65.8 Å². The average Bonchev–Trinajstić information content (AvgIpc) is 3.21. The second-order valence-corrected chi connectivity index (χ2v) is 7.78. The monoisotopic (exact) mass is 442 g/mol. The third-order valence-electron chi connectivity index (χ3n) is 5.38. The first-order valence-electron chi connectivity index (χ1n) is 9.29. The fraction of sp³-hybridized carbons (Fsp3) is 0.450. The number of carboxylic acid groups (broad SMARTS) is 2. The highest BCUT2D eigenvalue weighted by Crippen LogP contribution is 2.57. The van der Waals surface area contributed by atoms with Crippen molar-refractivity contribution in [2.75, 3.05) is 32.2 Å². The van der Waals surface area contributed by atoms with Crippen LogP contribution in [0.4, 0.5) is 18.9 Å². The molecule has 2 aromatic rings. The molecule has 0 atom stereocenters. The molecule has 3 aliphatic rings. The van der Waals surface area contributed by atoms with Gasteiger partial charge in [0.15, 0.2) is 0 Å². The van der Waals surface area contributed by atoms with Crippen LogP contribution in [-0.2, 0) is 14.3 Å². The van der Waals surface area contributed by atoms with Gasteiger partial charge in [0, 0.05) is 30.7 Å². The van der Waals surface area contributed by atoms with Gasteiger partial charge in [-0.25, -0.2) is 9.59 Å². The van der Waals surface area contributed by atoms with Gasteiger partial charge in [-0.1, -0.05) is 6.07 Å². The van der Waals surface area contributed by atoms with Gasteiger partial charge in [0.1, 0.15) is 0 Å². The SMILES string of the molecule is COCC12CC(CNc3ccc(C(=O)O)c4cccnc34)(CO1)C2.O=C(O)C(F)(F)F. The Bertz CT molecular complexity index is 989. The van der Waals surface area contributed by atoms with E-state index in [4.69, 9.17) is 19.4 Å². The van der Waals surface area contributed by atoms with Crippen LogP contribution in [0.1, 0.15) is 23.2 Å². The number of fused-ring (bicyclic) bond motifs is 2. The summed E-state index contributed by atoms with van der Waals surface area (Å²) in [5, 5.41) is 20.6. The number of nitrogens with zero attached hydrogens (tertiary/aromatic N) is 1. The number of methoxy groups -OCH3 is 1. The van der Waals surface area contributed by atoms with Gasteiger partial charge in [-0.15, -0.1) is 0 Å². The number of carbonyl (C=O) groups is 2. The zero-order chi connectivity index (χ0) is 22.9. The number of anilines is 1. The second-order valence-electron chi connectivity index (χ2n) is 7.78. The summed E-state index contributed by atoms with van der Waals surface area (Å²) in [6.07, 6.45) is -1.40. The van der Waals surface area contributed by atoms with Crippen molar-refractivity contribution in [3.05, 3.63) is 36.0 Å². The van der Waals surface area contributed by atoms with E-state index in [9.17, 15) is 23.1 Å². The van der Waals surface area contributed by atoms with Crippen molar-refractivity contribution >= 4 is 28.5 Å². The lowest BCUT2D eigenvalue weighted by molar-refractivity contribution is -0.192. The maximum absolute atomic E-state index is 11.4. The quantitative estimate of drug-likeness (QED) is 0.625. The highest BCUT2D eigenvalue weighted by molar-refractivity contribution is 6.06. The largest absolute Gasteiger partial charge is 0.490 e. The number of pyridine rings is 1. The van der Waals surface area contributed by atoms with Crippen LogP contribution in [0.5, 0.6) is 0 Å². The molecule has 3 N–H and O–H groups in total. The van der Waals surface area contributed by atoms with E-state index in [0.29, 0.717) is 17.5 Å². The second kappa shape index (κ2) is 8.31. The van der Waals surface area contributed by atoms with Crippen LogP contribution in [0.2, 0.25) is 0 Å². The van der Waals surface area contributed by atoms with E-state index in [-0.39, 0.29) is 16.6 Å². The van der Waals surface area contributed by atoms with Gasteiger partial charge in [0.25, 0.3) is 0 Å². The van der Waals surface area contributed by atoms with Crippen LogP contribution in [0.15, 0.2) is 30.5 Å². The zero-order valence-corrected chi connectivity index (χ0v) is 16.5. The molecule has 31 heavy (non-hydrogen) atoms. The summed E-state index contributed by atoms with van der Waals surface area (Å²) in [6, 6.07) is 6.98. The Morgan fingerprint density at radius 3 is 2.52 bits per heavy atom. The maximum atomic E-state index is 11.4. The Labute approximate surface area is 175 Å². The highest BCUT2D eigenvalue weighted by atomic mass is 19.4. The van der Waals surface area contributed by atoms with E-state index in [1.165, 1.54) is 0 Å².